The lowest BCUT2D eigenvalue weighted by molar-refractivity contribution is 0.147. The quantitative estimate of drug-likeness (QED) is 0.111. The predicted molar refractivity (Wildman–Crippen MR) is 263 cm³/mol. The van der Waals surface area contributed by atoms with Gasteiger partial charge in [-0.1, -0.05) is 96.6 Å². The molecule has 8 aromatic rings. The van der Waals surface area contributed by atoms with Gasteiger partial charge in [-0.3, -0.25) is 0 Å². The van der Waals surface area contributed by atoms with Crippen molar-refractivity contribution in [1.29, 1.82) is 0 Å². The number of phenolic OH excluding ortho intramolecular Hbond substituents is 1. The van der Waals surface area contributed by atoms with Gasteiger partial charge < -0.3 is 30.6 Å². The number of benzene rings is 4. The number of anilines is 2. The van der Waals surface area contributed by atoms with Crippen LogP contribution < -0.4 is 20.4 Å². The molecule has 0 amide bonds. The molecule has 13 heteroatoms. The smallest absolute Gasteiger partial charge is 0.165 e. The number of hydrogen-bond acceptors (Lipinski definition) is 12. The van der Waals surface area contributed by atoms with Crippen LogP contribution in [0.1, 0.15) is 66.9 Å². The number of phenols is 1. The number of para-hydroxylation sites is 1. The molecule has 10 nitrogen and oxygen atoms in total. The summed E-state index contributed by atoms with van der Waals surface area (Å²) in [5.74, 6) is 0.884. The van der Waals surface area contributed by atoms with Crippen molar-refractivity contribution in [3.05, 3.63) is 149 Å². The van der Waals surface area contributed by atoms with Gasteiger partial charge in [0.1, 0.15) is 34.0 Å². The van der Waals surface area contributed by atoms with Gasteiger partial charge in [0.25, 0.3) is 0 Å². The topological polar surface area (TPSA) is 123 Å². The maximum atomic E-state index is 14.3. The molecular weight excluding hydrogens is 852 g/mol. The van der Waals surface area contributed by atoms with Crippen molar-refractivity contribution in [2.45, 2.75) is 76.2 Å². The van der Waals surface area contributed by atoms with Crippen LogP contribution in [0.3, 0.4) is 0 Å². The third-order valence-electron chi connectivity index (χ3n) is 13.4. The summed E-state index contributed by atoms with van der Waals surface area (Å²) in [6, 6.07) is 32.3. The summed E-state index contributed by atoms with van der Waals surface area (Å²) in [6.07, 6.45) is 7.47. The lowest BCUT2D eigenvalue weighted by Crippen LogP contribution is -2.47. The van der Waals surface area contributed by atoms with Crippen molar-refractivity contribution in [3.63, 3.8) is 0 Å². The van der Waals surface area contributed by atoms with Crippen molar-refractivity contribution < 1.29 is 14.6 Å². The minimum atomic E-state index is -0.603. The minimum absolute atomic E-state index is 0.101. The molecule has 2 aliphatic heterocycles. The highest BCUT2D eigenvalue weighted by Crippen LogP contribution is 2.46. The van der Waals surface area contributed by atoms with E-state index in [0.717, 1.165) is 95.1 Å². The fourth-order valence-electron chi connectivity index (χ4n) is 10.2. The third kappa shape index (κ3) is 8.47. The van der Waals surface area contributed by atoms with Gasteiger partial charge in [0.05, 0.1) is 29.0 Å². The number of aliphatic hydroxyl groups is 1. The van der Waals surface area contributed by atoms with Gasteiger partial charge in [-0.25, -0.2) is 24.3 Å². The highest BCUT2D eigenvalue weighted by Gasteiger charge is 2.41. The summed E-state index contributed by atoms with van der Waals surface area (Å²) in [4.78, 5) is 25.4. The van der Waals surface area contributed by atoms with E-state index in [9.17, 15) is 14.6 Å². The molecule has 332 valence electrons. The van der Waals surface area contributed by atoms with Gasteiger partial charge in [0, 0.05) is 46.0 Å². The van der Waals surface area contributed by atoms with Crippen LogP contribution in [0, 0.1) is 12.7 Å². The molecule has 4 aromatic carbocycles. The van der Waals surface area contributed by atoms with E-state index in [1.807, 2.05) is 13.0 Å². The fraction of sp³-hybridized carbons (Fsp3) is 0.308. The number of thiophene rings is 2. The van der Waals surface area contributed by atoms with Crippen molar-refractivity contribution in [1.82, 2.24) is 30.6 Å². The van der Waals surface area contributed by atoms with Crippen LogP contribution in [-0.2, 0) is 6.42 Å². The average Bonchev–Trinajstić information content (AvgIpc) is 4.08. The van der Waals surface area contributed by atoms with Gasteiger partial charge in [0.2, 0.25) is 0 Å². The summed E-state index contributed by atoms with van der Waals surface area (Å²) < 4.78 is 14.3. The number of hydrogen-bond donors (Lipinski definition) is 4. The Balaban J connectivity index is 0.000000153. The molecule has 3 aliphatic rings. The average molecular weight is 905 g/mol. The fourth-order valence-corrected chi connectivity index (χ4v) is 12.0. The molecule has 65 heavy (non-hydrogen) atoms. The second kappa shape index (κ2) is 18.9. The molecule has 2 fully saturated rings. The Morgan fingerprint density at radius 1 is 0.677 bits per heavy atom. The highest BCUT2D eigenvalue weighted by molar-refractivity contribution is 7.17. The monoisotopic (exact) mass is 904 g/mol. The Kier molecular flexibility index (Phi) is 12.6. The lowest BCUT2D eigenvalue weighted by atomic mass is 9.97. The molecule has 0 radical (unpaired) electrons. The summed E-state index contributed by atoms with van der Waals surface area (Å²) in [7, 11) is 0. The van der Waals surface area contributed by atoms with Crippen molar-refractivity contribution in [2.75, 3.05) is 36.0 Å². The number of aromatic hydroxyl groups is 1. The van der Waals surface area contributed by atoms with E-state index in [1.54, 1.807) is 47.5 Å². The van der Waals surface area contributed by atoms with Crippen molar-refractivity contribution in [2.24, 2.45) is 0 Å². The number of aliphatic hydroxyl groups excluding tert-OH is 1. The second-order valence-corrected chi connectivity index (χ2v) is 19.0. The molecule has 0 saturated carbocycles. The van der Waals surface area contributed by atoms with Crippen LogP contribution in [0.2, 0.25) is 0 Å². The van der Waals surface area contributed by atoms with Gasteiger partial charge in [-0.2, -0.15) is 0 Å². The zero-order valence-electron chi connectivity index (χ0n) is 36.6. The Morgan fingerprint density at radius 2 is 1.26 bits per heavy atom. The zero-order chi connectivity index (χ0) is 44.4. The molecule has 3 unspecified atom stereocenters. The maximum Gasteiger partial charge on any atom is 0.165 e. The second-order valence-electron chi connectivity index (χ2n) is 17.3. The van der Waals surface area contributed by atoms with Crippen LogP contribution in [0.15, 0.2) is 120 Å². The van der Waals surface area contributed by atoms with Crippen LogP contribution in [-0.4, -0.2) is 74.5 Å². The van der Waals surface area contributed by atoms with E-state index in [2.05, 4.69) is 121 Å². The van der Waals surface area contributed by atoms with Crippen LogP contribution in [0.25, 0.3) is 42.7 Å². The van der Waals surface area contributed by atoms with E-state index in [-0.39, 0.29) is 23.9 Å². The number of fused-ring (bicyclic) bond motifs is 3. The zero-order valence-corrected chi connectivity index (χ0v) is 38.2. The Labute approximate surface area is 386 Å². The number of nitrogens with zero attached hydrogens (tertiary/aromatic N) is 6. The first kappa shape index (κ1) is 43.1. The summed E-state index contributed by atoms with van der Waals surface area (Å²) >= 11 is 3.27. The Hall–Kier alpha value is -5.83. The van der Waals surface area contributed by atoms with E-state index in [4.69, 9.17) is 9.97 Å². The van der Waals surface area contributed by atoms with Crippen molar-refractivity contribution in [3.8, 4) is 28.0 Å². The molecular formula is C52H53FN8O2S2. The Morgan fingerprint density at radius 3 is 1.94 bits per heavy atom. The molecule has 0 bridgehead atoms. The molecule has 2 saturated heterocycles. The first-order chi connectivity index (χ1) is 31.9. The van der Waals surface area contributed by atoms with E-state index >= 15 is 0 Å². The first-order valence-electron chi connectivity index (χ1n) is 22.6. The van der Waals surface area contributed by atoms with Crippen molar-refractivity contribution >= 4 is 54.7 Å². The SMILES string of the molecule is Cc1ccc(-c2csc3ncnc(N(C4CCNCC4)C(C)c4cccc(F)c4O)c23)cc1.OC1Cc2ccccc2C1N(c1ncnc2scc(-c3ccccc3)c12)C1CCNCC1. The third-order valence-corrected chi connectivity index (χ3v) is 15.2. The summed E-state index contributed by atoms with van der Waals surface area (Å²) in [5.41, 5.74) is 8.79. The molecule has 3 atom stereocenters. The summed E-state index contributed by atoms with van der Waals surface area (Å²) in [5, 5.41) is 35.2. The number of nitrogens with one attached hydrogen (secondary N) is 2. The highest BCUT2D eigenvalue weighted by atomic mass is 32.1. The van der Waals surface area contributed by atoms with Gasteiger partial charge in [-0.15, -0.1) is 22.7 Å². The minimum Gasteiger partial charge on any atom is -0.505 e. The van der Waals surface area contributed by atoms with Gasteiger partial charge >= 0.3 is 0 Å². The molecule has 4 aromatic heterocycles. The maximum absolute atomic E-state index is 14.3. The van der Waals surface area contributed by atoms with Crippen LogP contribution in [0.5, 0.6) is 5.75 Å². The van der Waals surface area contributed by atoms with E-state index < -0.39 is 11.9 Å². The standard InChI is InChI=1S/C26H27FN4OS.C26H26N4OS/c1-16-6-8-18(9-7-16)21-14-33-26-23(21)25(29-15-30-26)31(19-10-12-28-13-11-19)17(2)20-4-3-5-22(27)24(20)32;31-22-14-18-8-4-5-9-20(18)24(22)30(19-10-12-27-13-11-19)25-23-21(17-6-2-1-3-7-17)15-32-26(23)29-16-28-25/h3-9,14-15,17,19,28,32H,10-13H2,1-2H3;1-9,15-16,19,22,24,27,31H,10-14H2. The van der Waals surface area contributed by atoms with Gasteiger partial charge in [-0.05, 0) is 94.0 Å². The first-order valence-corrected chi connectivity index (χ1v) is 24.4. The number of halogens is 1. The number of rotatable bonds is 9. The van der Waals surface area contributed by atoms with Crippen LogP contribution in [0.4, 0.5) is 16.0 Å². The molecule has 0 spiro atoms. The largest absolute Gasteiger partial charge is 0.505 e. The molecule has 1 aliphatic carbocycles. The predicted octanol–water partition coefficient (Wildman–Crippen LogP) is 10.4. The number of aryl methyl sites for hydroxylation is 1. The molecule has 6 heterocycles. The number of piperidine rings is 2. The summed E-state index contributed by atoms with van der Waals surface area (Å²) in [6.45, 7) is 7.87. The van der Waals surface area contributed by atoms with Crippen LogP contribution >= 0.6 is 22.7 Å². The van der Waals surface area contributed by atoms with Gasteiger partial charge in [0.15, 0.2) is 11.6 Å². The number of aromatic nitrogens is 4. The van der Waals surface area contributed by atoms with E-state index in [1.165, 1.54) is 33.9 Å². The Bertz CT molecular complexity index is 2900. The van der Waals surface area contributed by atoms with E-state index in [0.29, 0.717) is 18.0 Å². The lowest BCUT2D eigenvalue weighted by Gasteiger charge is -2.41. The molecule has 11 rings (SSSR count). The molecule has 4 N–H and O–H groups in total. The normalized spacial score (nSPS) is 18.3.